The summed E-state index contributed by atoms with van der Waals surface area (Å²) in [6, 6.07) is 8.54. The van der Waals surface area contributed by atoms with E-state index in [1.165, 1.54) is 4.31 Å². The smallest absolute Gasteiger partial charge is 0.319 e. The number of carbonyl (C=O) groups is 2. The predicted molar refractivity (Wildman–Crippen MR) is 106 cm³/mol. The Bertz CT molecular complexity index is 746. The molecule has 3 amide bonds. The standard InChI is InChI=1S/C18H28N4O5S/c1-14-12-22(13-15(2)27-14)28(25,26)11-10-19-17(23)8-9-20-18(24)21-16-6-4-3-5-7-16/h3-7,14-15H,8-13H2,1-2H3,(H,19,23)(H2,20,21,24)/t14-,15-/m0/s1. The second-order valence-electron chi connectivity index (χ2n) is 6.74. The van der Waals surface area contributed by atoms with Crippen LogP contribution in [0.3, 0.4) is 0 Å². The van der Waals surface area contributed by atoms with E-state index < -0.39 is 16.1 Å². The highest BCUT2D eigenvalue weighted by molar-refractivity contribution is 7.89. The van der Waals surface area contributed by atoms with E-state index in [0.717, 1.165) is 0 Å². The third kappa shape index (κ3) is 7.45. The molecule has 0 unspecified atom stereocenters. The van der Waals surface area contributed by atoms with Crippen LogP contribution in [0.15, 0.2) is 30.3 Å². The molecule has 1 aromatic carbocycles. The van der Waals surface area contributed by atoms with Crippen molar-refractivity contribution in [3.8, 4) is 0 Å². The second-order valence-corrected chi connectivity index (χ2v) is 8.83. The molecule has 1 heterocycles. The number of hydrogen-bond acceptors (Lipinski definition) is 5. The molecule has 1 saturated heterocycles. The zero-order valence-electron chi connectivity index (χ0n) is 16.2. The molecular formula is C18H28N4O5S. The molecule has 0 aliphatic carbocycles. The summed E-state index contributed by atoms with van der Waals surface area (Å²) in [5, 5.41) is 7.80. The number of carbonyl (C=O) groups excluding carboxylic acids is 2. The monoisotopic (exact) mass is 412 g/mol. The Hall–Kier alpha value is -2.17. The molecule has 3 N–H and O–H groups in total. The topological polar surface area (TPSA) is 117 Å². The minimum Gasteiger partial charge on any atom is -0.373 e. The minimum absolute atomic E-state index is 0.0253. The van der Waals surface area contributed by atoms with Gasteiger partial charge in [-0.05, 0) is 26.0 Å². The molecule has 1 aromatic rings. The van der Waals surface area contributed by atoms with E-state index in [0.29, 0.717) is 18.8 Å². The lowest BCUT2D eigenvalue weighted by Gasteiger charge is -2.34. The van der Waals surface area contributed by atoms with Gasteiger partial charge in [-0.3, -0.25) is 4.79 Å². The van der Waals surface area contributed by atoms with Crippen molar-refractivity contribution < 1.29 is 22.7 Å². The van der Waals surface area contributed by atoms with Gasteiger partial charge in [0, 0.05) is 38.3 Å². The van der Waals surface area contributed by atoms with Gasteiger partial charge in [0.2, 0.25) is 15.9 Å². The Labute approximate surface area is 165 Å². The molecule has 9 nitrogen and oxygen atoms in total. The van der Waals surface area contributed by atoms with Crippen LogP contribution in [0.4, 0.5) is 10.5 Å². The van der Waals surface area contributed by atoms with Crippen LogP contribution in [-0.4, -0.2) is 68.8 Å². The van der Waals surface area contributed by atoms with Crippen molar-refractivity contribution in [2.45, 2.75) is 32.5 Å². The summed E-state index contributed by atoms with van der Waals surface area (Å²) in [6.07, 6.45) is -0.240. The van der Waals surface area contributed by atoms with Gasteiger partial charge >= 0.3 is 6.03 Å². The van der Waals surface area contributed by atoms with E-state index >= 15 is 0 Å². The highest BCUT2D eigenvalue weighted by Gasteiger charge is 2.30. The average Bonchev–Trinajstić information content (AvgIpc) is 2.61. The quantitative estimate of drug-likeness (QED) is 0.583. The van der Waals surface area contributed by atoms with Crippen LogP contribution in [0.5, 0.6) is 0 Å². The molecule has 0 spiro atoms. The van der Waals surface area contributed by atoms with Crippen molar-refractivity contribution in [1.29, 1.82) is 0 Å². The maximum atomic E-state index is 12.4. The Balaban J connectivity index is 1.63. The zero-order valence-corrected chi connectivity index (χ0v) is 17.0. The van der Waals surface area contributed by atoms with E-state index in [4.69, 9.17) is 4.74 Å². The molecule has 10 heteroatoms. The third-order valence-electron chi connectivity index (χ3n) is 4.13. The number of hydrogen-bond donors (Lipinski definition) is 3. The lowest BCUT2D eigenvalue weighted by molar-refractivity contribution is -0.120. The van der Waals surface area contributed by atoms with Gasteiger partial charge < -0.3 is 20.7 Å². The van der Waals surface area contributed by atoms with Gasteiger partial charge in [0.15, 0.2) is 0 Å². The summed E-state index contributed by atoms with van der Waals surface area (Å²) >= 11 is 0. The van der Waals surface area contributed by atoms with Crippen molar-refractivity contribution in [2.75, 3.05) is 37.2 Å². The largest absolute Gasteiger partial charge is 0.373 e. The van der Waals surface area contributed by atoms with Gasteiger partial charge in [0.25, 0.3) is 0 Å². The van der Waals surface area contributed by atoms with Crippen molar-refractivity contribution in [1.82, 2.24) is 14.9 Å². The number of nitrogens with one attached hydrogen (secondary N) is 3. The van der Waals surface area contributed by atoms with E-state index in [2.05, 4.69) is 16.0 Å². The maximum absolute atomic E-state index is 12.4. The number of anilines is 1. The molecule has 28 heavy (non-hydrogen) atoms. The summed E-state index contributed by atoms with van der Waals surface area (Å²) in [5.74, 6) is -0.487. The van der Waals surface area contributed by atoms with Gasteiger partial charge in [-0.25, -0.2) is 13.2 Å². The van der Waals surface area contributed by atoms with Crippen molar-refractivity contribution in [3.63, 3.8) is 0 Å². The molecule has 0 saturated carbocycles. The van der Waals surface area contributed by atoms with Crippen LogP contribution in [0.2, 0.25) is 0 Å². The summed E-state index contributed by atoms with van der Waals surface area (Å²) in [4.78, 5) is 23.6. The fourth-order valence-corrected chi connectivity index (χ4v) is 4.37. The van der Waals surface area contributed by atoms with Crippen LogP contribution in [-0.2, 0) is 19.6 Å². The molecule has 2 atom stereocenters. The highest BCUT2D eigenvalue weighted by atomic mass is 32.2. The first-order valence-corrected chi connectivity index (χ1v) is 10.9. The molecule has 0 aromatic heterocycles. The van der Waals surface area contributed by atoms with Crippen LogP contribution in [0.25, 0.3) is 0 Å². The highest BCUT2D eigenvalue weighted by Crippen LogP contribution is 2.14. The summed E-state index contributed by atoms with van der Waals surface area (Å²) in [7, 11) is -3.45. The number of ether oxygens (including phenoxy) is 1. The molecule has 156 valence electrons. The van der Waals surface area contributed by atoms with Crippen molar-refractivity contribution in [3.05, 3.63) is 30.3 Å². The number of rotatable bonds is 8. The summed E-state index contributed by atoms with van der Waals surface area (Å²) in [5.41, 5.74) is 0.654. The molecule has 2 rings (SSSR count). The number of sulfonamides is 1. The van der Waals surface area contributed by atoms with Gasteiger partial charge in [-0.2, -0.15) is 4.31 Å². The number of para-hydroxylation sites is 1. The molecule has 1 aliphatic rings. The van der Waals surface area contributed by atoms with Crippen LogP contribution in [0, 0.1) is 0 Å². The Morgan fingerprint density at radius 3 is 2.36 bits per heavy atom. The fraction of sp³-hybridized carbons (Fsp3) is 0.556. The van der Waals surface area contributed by atoms with Crippen LogP contribution < -0.4 is 16.0 Å². The van der Waals surface area contributed by atoms with Gasteiger partial charge in [-0.1, -0.05) is 18.2 Å². The molecule has 1 aliphatic heterocycles. The predicted octanol–water partition coefficient (Wildman–Crippen LogP) is 0.753. The number of morpholine rings is 1. The van der Waals surface area contributed by atoms with Gasteiger partial charge in [0.05, 0.1) is 18.0 Å². The second kappa shape index (κ2) is 10.4. The number of benzene rings is 1. The summed E-state index contributed by atoms with van der Waals surface area (Å²) < 4.78 is 31.7. The number of nitrogens with zero attached hydrogens (tertiary/aromatic N) is 1. The van der Waals surface area contributed by atoms with Crippen LogP contribution >= 0.6 is 0 Å². The Morgan fingerprint density at radius 1 is 1.07 bits per heavy atom. The first-order chi connectivity index (χ1) is 13.3. The fourth-order valence-electron chi connectivity index (χ4n) is 2.88. The van der Waals surface area contributed by atoms with Gasteiger partial charge in [0.1, 0.15) is 0 Å². The van der Waals surface area contributed by atoms with E-state index in [1.807, 2.05) is 19.9 Å². The van der Waals surface area contributed by atoms with Gasteiger partial charge in [-0.15, -0.1) is 0 Å². The Kier molecular flexibility index (Phi) is 8.21. The summed E-state index contributed by atoms with van der Waals surface area (Å²) in [6.45, 7) is 4.48. The first kappa shape index (κ1) is 22.1. The van der Waals surface area contributed by atoms with Crippen LogP contribution in [0.1, 0.15) is 20.3 Å². The average molecular weight is 413 g/mol. The zero-order chi connectivity index (χ0) is 20.6. The van der Waals surface area contributed by atoms with E-state index in [-0.39, 0.29) is 43.4 Å². The SMILES string of the molecule is C[C@H]1CN(S(=O)(=O)CCNC(=O)CCNC(=O)Nc2ccccc2)C[C@H](C)O1. The third-order valence-corrected chi connectivity index (χ3v) is 5.94. The molecule has 0 bridgehead atoms. The maximum Gasteiger partial charge on any atom is 0.319 e. The Morgan fingerprint density at radius 2 is 1.71 bits per heavy atom. The van der Waals surface area contributed by atoms with Crippen molar-refractivity contribution >= 4 is 27.6 Å². The molecule has 1 fully saturated rings. The van der Waals surface area contributed by atoms with E-state index in [9.17, 15) is 18.0 Å². The lowest BCUT2D eigenvalue weighted by Crippen LogP contribution is -2.49. The number of amides is 3. The first-order valence-electron chi connectivity index (χ1n) is 9.26. The van der Waals surface area contributed by atoms with E-state index in [1.54, 1.807) is 24.3 Å². The van der Waals surface area contributed by atoms with Crippen molar-refractivity contribution in [2.24, 2.45) is 0 Å². The molecule has 0 radical (unpaired) electrons. The molecular weight excluding hydrogens is 384 g/mol. The minimum atomic E-state index is -3.45. The lowest BCUT2D eigenvalue weighted by atomic mass is 10.3. The number of urea groups is 1. The normalized spacial score (nSPS) is 20.4.